The number of carbonyl (C=O) groups excluding carboxylic acids is 1. The Morgan fingerprint density at radius 2 is 1.87 bits per heavy atom. The number of aryl methyl sites for hydroxylation is 1. The van der Waals surface area contributed by atoms with Crippen LogP contribution < -0.4 is 4.90 Å². The number of carbonyl (C=O) groups is 1. The molecule has 0 radical (unpaired) electrons. The van der Waals surface area contributed by atoms with Crippen molar-refractivity contribution >= 4 is 22.9 Å². The van der Waals surface area contributed by atoms with Crippen LogP contribution >= 0.6 is 11.3 Å². The van der Waals surface area contributed by atoms with Crippen LogP contribution in [0.4, 0.5) is 18.9 Å². The average Bonchev–Trinajstić information content (AvgIpc) is 3.43. The smallest absolute Gasteiger partial charge is 0.227 e. The van der Waals surface area contributed by atoms with Crippen LogP contribution in [0.2, 0.25) is 0 Å². The van der Waals surface area contributed by atoms with Gasteiger partial charge in [-0.3, -0.25) is 4.79 Å². The lowest BCUT2D eigenvalue weighted by molar-refractivity contribution is -0.118. The van der Waals surface area contributed by atoms with Crippen molar-refractivity contribution in [3.63, 3.8) is 0 Å². The molecule has 0 fully saturated rings. The summed E-state index contributed by atoms with van der Waals surface area (Å²) < 4.78 is 47.2. The van der Waals surface area contributed by atoms with Crippen molar-refractivity contribution in [2.75, 3.05) is 4.90 Å². The van der Waals surface area contributed by atoms with Gasteiger partial charge < -0.3 is 9.32 Å². The molecule has 8 heteroatoms. The molecule has 2 aromatic heterocycles. The van der Waals surface area contributed by atoms with Crippen LogP contribution in [0.25, 0.3) is 11.3 Å². The Morgan fingerprint density at radius 1 is 1.03 bits per heavy atom. The first-order valence-electron chi connectivity index (χ1n) is 9.48. The number of benzene rings is 2. The fourth-order valence-electron chi connectivity index (χ4n) is 3.13. The van der Waals surface area contributed by atoms with Gasteiger partial charge in [0, 0.05) is 23.8 Å². The first kappa shape index (κ1) is 20.9. The molecule has 0 spiro atoms. The molecule has 4 rings (SSSR count). The van der Waals surface area contributed by atoms with E-state index in [9.17, 15) is 18.0 Å². The van der Waals surface area contributed by atoms with Crippen molar-refractivity contribution in [2.24, 2.45) is 0 Å². The van der Waals surface area contributed by atoms with Crippen LogP contribution in [0.3, 0.4) is 0 Å². The van der Waals surface area contributed by atoms with Crippen LogP contribution in [0.15, 0.2) is 70.6 Å². The number of amides is 1. The number of anilines is 1. The molecular formula is C23H17F3N2O2S. The van der Waals surface area contributed by atoms with Crippen LogP contribution in [0.1, 0.15) is 17.2 Å². The zero-order valence-corrected chi connectivity index (χ0v) is 17.0. The molecular weight excluding hydrogens is 425 g/mol. The Morgan fingerprint density at radius 3 is 2.61 bits per heavy atom. The molecule has 0 aliphatic carbocycles. The Hall–Kier alpha value is -3.39. The Labute approximate surface area is 180 Å². The third-order valence-electron chi connectivity index (χ3n) is 4.64. The molecule has 0 bridgehead atoms. The van der Waals surface area contributed by atoms with Crippen LogP contribution in [-0.2, 0) is 17.8 Å². The number of thiophene rings is 1. The number of halogens is 3. The van der Waals surface area contributed by atoms with Crippen LogP contribution in [0.5, 0.6) is 0 Å². The SMILES string of the molecule is O=C(CCc1ncc(-c2ccccc2F)o1)N(Cc1cccs1)c1ccc(F)cc1F. The Balaban J connectivity index is 1.51. The van der Waals surface area contributed by atoms with E-state index < -0.39 is 17.5 Å². The van der Waals surface area contributed by atoms with E-state index in [0.717, 1.165) is 17.0 Å². The zero-order chi connectivity index (χ0) is 21.8. The molecule has 0 unspecified atom stereocenters. The average molecular weight is 442 g/mol. The summed E-state index contributed by atoms with van der Waals surface area (Å²) in [4.78, 5) is 19.2. The van der Waals surface area contributed by atoms with Gasteiger partial charge in [-0.2, -0.15) is 0 Å². The highest BCUT2D eigenvalue weighted by atomic mass is 32.1. The predicted octanol–water partition coefficient (Wildman–Crippen LogP) is 5.99. The zero-order valence-electron chi connectivity index (χ0n) is 16.2. The molecule has 0 aliphatic rings. The monoisotopic (exact) mass is 442 g/mol. The van der Waals surface area contributed by atoms with Crippen molar-refractivity contribution in [3.05, 3.63) is 94.4 Å². The second kappa shape index (κ2) is 9.18. The standard InChI is InChI=1S/C23H17F3N2O2S/c24-15-7-8-20(19(26)12-15)28(14-16-4-3-11-31-16)23(29)10-9-22-27-13-21(30-22)17-5-1-2-6-18(17)25/h1-8,11-13H,9-10,14H2. The fourth-order valence-corrected chi connectivity index (χ4v) is 3.82. The van der Waals surface area contributed by atoms with E-state index in [1.165, 1.54) is 34.6 Å². The highest BCUT2D eigenvalue weighted by Crippen LogP contribution is 2.26. The maximum absolute atomic E-state index is 14.4. The number of rotatable bonds is 7. The number of aromatic nitrogens is 1. The topological polar surface area (TPSA) is 46.3 Å². The summed E-state index contributed by atoms with van der Waals surface area (Å²) in [6, 6.07) is 12.9. The lowest BCUT2D eigenvalue weighted by Crippen LogP contribution is -2.31. The maximum Gasteiger partial charge on any atom is 0.227 e. The minimum absolute atomic E-state index is 0.000695. The van der Waals surface area contributed by atoms with Gasteiger partial charge in [-0.1, -0.05) is 18.2 Å². The van der Waals surface area contributed by atoms with Gasteiger partial charge >= 0.3 is 0 Å². The van der Waals surface area contributed by atoms with Gasteiger partial charge in [0.15, 0.2) is 11.7 Å². The van der Waals surface area contributed by atoms with Crippen molar-refractivity contribution in [2.45, 2.75) is 19.4 Å². The normalized spacial score (nSPS) is 10.9. The molecule has 4 aromatic rings. The largest absolute Gasteiger partial charge is 0.441 e. The van der Waals surface area contributed by atoms with Gasteiger partial charge in [-0.05, 0) is 35.7 Å². The third-order valence-corrected chi connectivity index (χ3v) is 5.50. The summed E-state index contributed by atoms with van der Waals surface area (Å²) in [5.74, 6) is -1.81. The van der Waals surface area contributed by atoms with Gasteiger partial charge in [0.1, 0.15) is 17.5 Å². The summed E-state index contributed by atoms with van der Waals surface area (Å²) in [5, 5.41) is 1.86. The third kappa shape index (κ3) is 4.86. The summed E-state index contributed by atoms with van der Waals surface area (Å²) >= 11 is 1.43. The van der Waals surface area contributed by atoms with Crippen molar-refractivity contribution in [1.29, 1.82) is 0 Å². The van der Waals surface area contributed by atoms with Crippen LogP contribution in [0, 0.1) is 17.5 Å². The van der Waals surface area contributed by atoms with Crippen molar-refractivity contribution in [1.82, 2.24) is 4.98 Å². The summed E-state index contributed by atoms with van der Waals surface area (Å²) in [6.45, 7) is 0.158. The van der Waals surface area contributed by atoms with Gasteiger partial charge in [0.2, 0.25) is 5.91 Å². The first-order valence-corrected chi connectivity index (χ1v) is 10.4. The molecule has 0 aliphatic heterocycles. The highest BCUT2D eigenvalue weighted by molar-refractivity contribution is 7.09. The first-order chi connectivity index (χ1) is 15.0. The number of nitrogens with zero attached hydrogens (tertiary/aromatic N) is 2. The van der Waals surface area contributed by atoms with E-state index in [1.54, 1.807) is 18.2 Å². The van der Waals surface area contributed by atoms with Gasteiger partial charge in [0.05, 0.1) is 24.0 Å². The second-order valence-electron chi connectivity index (χ2n) is 6.75. The van der Waals surface area contributed by atoms with Gasteiger partial charge in [0.25, 0.3) is 0 Å². The summed E-state index contributed by atoms with van der Waals surface area (Å²) in [6.07, 6.45) is 1.54. The maximum atomic E-state index is 14.4. The minimum atomic E-state index is -0.817. The van der Waals surface area contributed by atoms with E-state index in [4.69, 9.17) is 4.42 Å². The quantitative estimate of drug-likeness (QED) is 0.353. The molecule has 158 valence electrons. The number of hydrogen-bond acceptors (Lipinski definition) is 4. The van der Waals surface area contributed by atoms with Crippen molar-refractivity contribution in [3.8, 4) is 11.3 Å². The highest BCUT2D eigenvalue weighted by Gasteiger charge is 2.21. The van der Waals surface area contributed by atoms with E-state index in [-0.39, 0.29) is 48.2 Å². The molecule has 31 heavy (non-hydrogen) atoms. The lowest BCUT2D eigenvalue weighted by atomic mass is 10.2. The molecule has 0 N–H and O–H groups in total. The molecule has 1 amide bonds. The molecule has 0 saturated heterocycles. The van der Waals surface area contributed by atoms with Gasteiger partial charge in [-0.15, -0.1) is 11.3 Å². The second-order valence-corrected chi connectivity index (χ2v) is 7.79. The van der Waals surface area contributed by atoms with E-state index in [0.29, 0.717) is 0 Å². The van der Waals surface area contributed by atoms with E-state index in [1.807, 2.05) is 17.5 Å². The molecule has 2 heterocycles. The predicted molar refractivity (Wildman–Crippen MR) is 112 cm³/mol. The molecule has 2 aromatic carbocycles. The van der Waals surface area contributed by atoms with Crippen LogP contribution in [-0.4, -0.2) is 10.9 Å². The minimum Gasteiger partial charge on any atom is -0.441 e. The fraction of sp³-hybridized carbons (Fsp3) is 0.130. The molecule has 0 atom stereocenters. The summed E-state index contributed by atoms with van der Waals surface area (Å²) in [5.41, 5.74) is 0.277. The summed E-state index contributed by atoms with van der Waals surface area (Å²) in [7, 11) is 0. The van der Waals surface area contributed by atoms with Gasteiger partial charge in [-0.25, -0.2) is 18.2 Å². The Bertz CT molecular complexity index is 1190. The lowest BCUT2D eigenvalue weighted by Gasteiger charge is -2.22. The molecule has 0 saturated carbocycles. The Kier molecular flexibility index (Phi) is 6.18. The number of hydrogen-bond donors (Lipinski definition) is 0. The van der Waals surface area contributed by atoms with Crippen molar-refractivity contribution < 1.29 is 22.4 Å². The molecule has 4 nitrogen and oxygen atoms in total. The number of oxazole rings is 1. The van der Waals surface area contributed by atoms with E-state index in [2.05, 4.69) is 4.98 Å². The van der Waals surface area contributed by atoms with E-state index >= 15 is 0 Å².